The van der Waals surface area contributed by atoms with E-state index in [0.717, 1.165) is 19.3 Å². The number of aliphatic hydroxyl groups is 1. The summed E-state index contributed by atoms with van der Waals surface area (Å²) in [6.07, 6.45) is 4.37. The SMILES string of the molecule is CC(C)NCC1(O)CCCCC1c1ccccc1. The maximum atomic E-state index is 11.0. The largest absolute Gasteiger partial charge is 0.388 e. The summed E-state index contributed by atoms with van der Waals surface area (Å²) < 4.78 is 0. The number of hydrogen-bond acceptors (Lipinski definition) is 2. The summed E-state index contributed by atoms with van der Waals surface area (Å²) in [5, 5.41) is 14.4. The topological polar surface area (TPSA) is 32.3 Å². The van der Waals surface area contributed by atoms with Gasteiger partial charge in [0.1, 0.15) is 0 Å². The van der Waals surface area contributed by atoms with Gasteiger partial charge in [-0.3, -0.25) is 0 Å². The van der Waals surface area contributed by atoms with E-state index in [9.17, 15) is 5.11 Å². The van der Waals surface area contributed by atoms with Crippen molar-refractivity contribution in [2.45, 2.75) is 57.1 Å². The molecule has 100 valence electrons. The molecule has 1 saturated carbocycles. The van der Waals surface area contributed by atoms with E-state index in [1.807, 2.05) is 6.07 Å². The summed E-state index contributed by atoms with van der Waals surface area (Å²) >= 11 is 0. The molecule has 1 fully saturated rings. The fourth-order valence-electron chi connectivity index (χ4n) is 2.98. The quantitative estimate of drug-likeness (QED) is 0.857. The zero-order chi connectivity index (χ0) is 13.0. The van der Waals surface area contributed by atoms with Gasteiger partial charge >= 0.3 is 0 Å². The van der Waals surface area contributed by atoms with Crippen molar-refractivity contribution in [1.82, 2.24) is 5.32 Å². The molecule has 1 aliphatic rings. The van der Waals surface area contributed by atoms with Gasteiger partial charge in [-0.15, -0.1) is 0 Å². The van der Waals surface area contributed by atoms with Crippen LogP contribution in [-0.2, 0) is 0 Å². The van der Waals surface area contributed by atoms with Gasteiger partial charge < -0.3 is 10.4 Å². The summed E-state index contributed by atoms with van der Waals surface area (Å²) in [5.74, 6) is 0.277. The van der Waals surface area contributed by atoms with Crippen LogP contribution < -0.4 is 5.32 Å². The van der Waals surface area contributed by atoms with Crippen LogP contribution in [0.4, 0.5) is 0 Å². The summed E-state index contributed by atoms with van der Waals surface area (Å²) in [5.41, 5.74) is 0.703. The summed E-state index contributed by atoms with van der Waals surface area (Å²) in [6.45, 7) is 4.96. The van der Waals surface area contributed by atoms with Gasteiger partial charge in [0.15, 0.2) is 0 Å². The monoisotopic (exact) mass is 247 g/mol. The van der Waals surface area contributed by atoms with Gasteiger partial charge in [-0.2, -0.15) is 0 Å². The predicted molar refractivity (Wildman–Crippen MR) is 75.7 cm³/mol. The summed E-state index contributed by atoms with van der Waals surface area (Å²) in [4.78, 5) is 0. The molecular weight excluding hydrogens is 222 g/mol. The highest BCUT2D eigenvalue weighted by Crippen LogP contribution is 2.40. The van der Waals surface area contributed by atoms with Crippen LogP contribution in [-0.4, -0.2) is 23.3 Å². The van der Waals surface area contributed by atoms with Crippen LogP contribution in [0, 0.1) is 0 Å². The van der Waals surface area contributed by atoms with Crippen molar-refractivity contribution in [2.75, 3.05) is 6.54 Å². The maximum absolute atomic E-state index is 11.0. The van der Waals surface area contributed by atoms with Crippen LogP contribution >= 0.6 is 0 Å². The molecule has 1 aromatic carbocycles. The lowest BCUT2D eigenvalue weighted by Gasteiger charge is -2.41. The van der Waals surface area contributed by atoms with E-state index in [4.69, 9.17) is 0 Å². The van der Waals surface area contributed by atoms with Crippen molar-refractivity contribution in [3.63, 3.8) is 0 Å². The Morgan fingerprint density at radius 2 is 2.00 bits per heavy atom. The van der Waals surface area contributed by atoms with Crippen LogP contribution in [0.15, 0.2) is 30.3 Å². The molecule has 2 unspecified atom stereocenters. The lowest BCUT2D eigenvalue weighted by molar-refractivity contribution is -0.0172. The minimum absolute atomic E-state index is 0.277. The number of rotatable bonds is 4. The van der Waals surface area contributed by atoms with Crippen LogP contribution in [0.2, 0.25) is 0 Å². The Bertz CT molecular complexity index is 363. The van der Waals surface area contributed by atoms with Crippen molar-refractivity contribution >= 4 is 0 Å². The van der Waals surface area contributed by atoms with E-state index < -0.39 is 5.60 Å². The Morgan fingerprint density at radius 3 is 2.67 bits per heavy atom. The average Bonchev–Trinajstić information content (AvgIpc) is 2.38. The van der Waals surface area contributed by atoms with Gasteiger partial charge in [0.25, 0.3) is 0 Å². The molecular formula is C16H25NO. The fourth-order valence-corrected chi connectivity index (χ4v) is 2.98. The van der Waals surface area contributed by atoms with Crippen molar-refractivity contribution in [3.8, 4) is 0 Å². The second-order valence-electron chi connectivity index (χ2n) is 5.85. The Labute approximate surface area is 110 Å². The third kappa shape index (κ3) is 3.12. The van der Waals surface area contributed by atoms with Crippen molar-refractivity contribution < 1.29 is 5.11 Å². The maximum Gasteiger partial charge on any atom is 0.0839 e. The van der Waals surface area contributed by atoms with Crippen LogP contribution in [0.25, 0.3) is 0 Å². The minimum atomic E-state index is -0.579. The van der Waals surface area contributed by atoms with Gasteiger partial charge in [-0.05, 0) is 18.4 Å². The van der Waals surface area contributed by atoms with Crippen LogP contribution in [0.5, 0.6) is 0 Å². The summed E-state index contributed by atoms with van der Waals surface area (Å²) in [6, 6.07) is 10.9. The second-order valence-corrected chi connectivity index (χ2v) is 5.85. The van der Waals surface area contributed by atoms with Gasteiger partial charge in [0, 0.05) is 18.5 Å². The molecule has 2 heteroatoms. The molecule has 0 radical (unpaired) electrons. The van der Waals surface area contributed by atoms with Gasteiger partial charge in [-0.25, -0.2) is 0 Å². The van der Waals surface area contributed by atoms with Crippen molar-refractivity contribution in [1.29, 1.82) is 0 Å². The van der Waals surface area contributed by atoms with Crippen molar-refractivity contribution in [3.05, 3.63) is 35.9 Å². The van der Waals surface area contributed by atoms with E-state index in [1.54, 1.807) is 0 Å². The minimum Gasteiger partial charge on any atom is -0.388 e. The highest BCUT2D eigenvalue weighted by Gasteiger charge is 2.39. The lowest BCUT2D eigenvalue weighted by Crippen LogP contribution is -2.49. The van der Waals surface area contributed by atoms with Gasteiger partial charge in [0.2, 0.25) is 0 Å². The zero-order valence-electron chi connectivity index (χ0n) is 11.5. The Kier molecular flexibility index (Phi) is 4.41. The molecule has 2 rings (SSSR count). The number of hydrogen-bond donors (Lipinski definition) is 2. The smallest absolute Gasteiger partial charge is 0.0839 e. The van der Waals surface area contributed by atoms with Crippen molar-refractivity contribution in [2.24, 2.45) is 0 Å². The predicted octanol–water partition coefficient (Wildman–Crippen LogP) is 3.07. The Hall–Kier alpha value is -0.860. The number of nitrogens with one attached hydrogen (secondary N) is 1. The Morgan fingerprint density at radius 1 is 1.28 bits per heavy atom. The molecule has 2 nitrogen and oxygen atoms in total. The third-order valence-electron chi connectivity index (χ3n) is 4.02. The highest BCUT2D eigenvalue weighted by molar-refractivity contribution is 5.24. The molecule has 2 N–H and O–H groups in total. The molecule has 0 amide bonds. The normalized spacial score (nSPS) is 28.6. The van der Waals surface area contributed by atoms with E-state index in [-0.39, 0.29) is 5.92 Å². The van der Waals surface area contributed by atoms with E-state index in [1.165, 1.54) is 12.0 Å². The number of benzene rings is 1. The molecule has 0 bridgehead atoms. The van der Waals surface area contributed by atoms with E-state index in [0.29, 0.717) is 12.6 Å². The molecule has 1 aromatic rings. The second kappa shape index (κ2) is 5.85. The molecule has 1 aliphatic carbocycles. The molecule has 0 aromatic heterocycles. The fraction of sp³-hybridized carbons (Fsp3) is 0.625. The molecule has 0 saturated heterocycles. The van der Waals surface area contributed by atoms with Crippen LogP contribution in [0.1, 0.15) is 51.0 Å². The first-order chi connectivity index (χ1) is 8.62. The molecule has 0 aliphatic heterocycles. The molecule has 0 heterocycles. The molecule has 18 heavy (non-hydrogen) atoms. The van der Waals surface area contributed by atoms with E-state index >= 15 is 0 Å². The van der Waals surface area contributed by atoms with Crippen LogP contribution in [0.3, 0.4) is 0 Å². The highest BCUT2D eigenvalue weighted by atomic mass is 16.3. The average molecular weight is 247 g/mol. The Balaban J connectivity index is 2.15. The zero-order valence-corrected chi connectivity index (χ0v) is 11.5. The summed E-state index contributed by atoms with van der Waals surface area (Å²) in [7, 11) is 0. The third-order valence-corrected chi connectivity index (χ3v) is 4.02. The first-order valence-electron chi connectivity index (χ1n) is 7.12. The molecule has 2 atom stereocenters. The van der Waals surface area contributed by atoms with Gasteiger partial charge in [0.05, 0.1) is 5.60 Å². The van der Waals surface area contributed by atoms with Gasteiger partial charge in [-0.1, -0.05) is 57.0 Å². The standard InChI is InChI=1S/C16H25NO/c1-13(2)17-12-16(18)11-7-6-10-15(16)14-8-4-3-5-9-14/h3-5,8-9,13,15,17-18H,6-7,10-12H2,1-2H3. The van der Waals surface area contributed by atoms with E-state index in [2.05, 4.69) is 43.4 Å². The molecule has 0 spiro atoms. The lowest BCUT2D eigenvalue weighted by atomic mass is 9.72. The first kappa shape index (κ1) is 13.6. The first-order valence-corrected chi connectivity index (χ1v) is 7.12.